The lowest BCUT2D eigenvalue weighted by atomic mass is 10.1. The van der Waals surface area contributed by atoms with Crippen LogP contribution in [0.4, 0.5) is 0 Å². The molecule has 0 bridgehead atoms. The molecule has 2 aromatic rings. The lowest BCUT2D eigenvalue weighted by Crippen LogP contribution is -2.41. The Labute approximate surface area is 146 Å². The van der Waals surface area contributed by atoms with E-state index >= 15 is 0 Å². The molecule has 0 N–H and O–H groups in total. The SMILES string of the molecule is Cc1ccc(S(=O)(=O)OC[C@@H](C)N2C(=O)c3ccccc3C2=O)cc1. The quantitative estimate of drug-likeness (QED) is 0.605. The molecule has 0 saturated carbocycles. The molecule has 3 rings (SSSR count). The van der Waals surface area contributed by atoms with Gasteiger partial charge in [0.1, 0.15) is 0 Å². The highest BCUT2D eigenvalue weighted by Gasteiger charge is 2.38. The number of imide groups is 1. The number of fused-ring (bicyclic) bond motifs is 1. The van der Waals surface area contributed by atoms with Crippen LogP contribution in [0.15, 0.2) is 53.4 Å². The summed E-state index contributed by atoms with van der Waals surface area (Å²) in [5.41, 5.74) is 1.57. The molecule has 0 fully saturated rings. The van der Waals surface area contributed by atoms with Crippen molar-refractivity contribution in [2.24, 2.45) is 0 Å². The zero-order chi connectivity index (χ0) is 18.2. The summed E-state index contributed by atoms with van der Waals surface area (Å²) >= 11 is 0. The molecule has 1 aliphatic heterocycles. The Balaban J connectivity index is 1.73. The van der Waals surface area contributed by atoms with E-state index in [4.69, 9.17) is 4.18 Å². The highest BCUT2D eigenvalue weighted by Crippen LogP contribution is 2.25. The van der Waals surface area contributed by atoms with Gasteiger partial charge in [-0.25, -0.2) is 0 Å². The standard InChI is InChI=1S/C18H17NO5S/c1-12-7-9-14(10-8-12)25(22,23)24-11-13(2)19-17(20)15-5-3-4-6-16(15)18(19)21/h3-10,13H,11H2,1-2H3/t13-/m1/s1. The van der Waals surface area contributed by atoms with E-state index < -0.39 is 28.0 Å². The minimum absolute atomic E-state index is 0.0349. The van der Waals surface area contributed by atoms with E-state index in [9.17, 15) is 18.0 Å². The molecule has 0 unspecified atom stereocenters. The molecular formula is C18H17NO5S. The summed E-state index contributed by atoms with van der Waals surface area (Å²) in [6.07, 6.45) is 0. The lowest BCUT2D eigenvalue weighted by molar-refractivity contribution is 0.0552. The van der Waals surface area contributed by atoms with Crippen molar-refractivity contribution < 1.29 is 22.2 Å². The van der Waals surface area contributed by atoms with E-state index in [1.54, 1.807) is 43.3 Å². The third-order valence-corrected chi connectivity index (χ3v) is 5.34. The number of amides is 2. The highest BCUT2D eigenvalue weighted by atomic mass is 32.2. The van der Waals surface area contributed by atoms with E-state index in [1.807, 2.05) is 6.92 Å². The summed E-state index contributed by atoms with van der Waals surface area (Å²) in [6, 6.07) is 12.0. The molecule has 7 heteroatoms. The summed E-state index contributed by atoms with van der Waals surface area (Å²) in [4.78, 5) is 25.8. The molecule has 1 heterocycles. The van der Waals surface area contributed by atoms with Crippen molar-refractivity contribution in [1.29, 1.82) is 0 Å². The fourth-order valence-electron chi connectivity index (χ4n) is 2.64. The fourth-order valence-corrected chi connectivity index (χ4v) is 3.63. The molecule has 0 spiro atoms. The first-order valence-electron chi connectivity index (χ1n) is 7.74. The zero-order valence-corrected chi connectivity index (χ0v) is 14.6. The minimum Gasteiger partial charge on any atom is -0.269 e. The topological polar surface area (TPSA) is 80.8 Å². The fraction of sp³-hybridized carbons (Fsp3) is 0.222. The highest BCUT2D eigenvalue weighted by molar-refractivity contribution is 7.86. The van der Waals surface area contributed by atoms with Gasteiger partial charge < -0.3 is 0 Å². The van der Waals surface area contributed by atoms with Gasteiger partial charge >= 0.3 is 0 Å². The van der Waals surface area contributed by atoms with Crippen molar-refractivity contribution in [2.75, 3.05) is 6.61 Å². The third-order valence-electron chi connectivity index (χ3n) is 4.04. The molecule has 1 atom stereocenters. The van der Waals surface area contributed by atoms with Gasteiger partial charge in [0.15, 0.2) is 0 Å². The summed E-state index contributed by atoms with van der Waals surface area (Å²) in [7, 11) is -3.95. The molecule has 2 aromatic carbocycles. The Bertz CT molecular complexity index is 899. The van der Waals surface area contributed by atoms with Crippen molar-refractivity contribution in [3.63, 3.8) is 0 Å². The van der Waals surface area contributed by atoms with Crippen LogP contribution in [-0.2, 0) is 14.3 Å². The number of hydrogen-bond acceptors (Lipinski definition) is 5. The second-order valence-electron chi connectivity index (χ2n) is 5.93. The predicted octanol–water partition coefficient (Wildman–Crippen LogP) is 2.39. The maximum Gasteiger partial charge on any atom is 0.297 e. The number of rotatable bonds is 5. The molecule has 1 aliphatic rings. The Morgan fingerprint density at radius 1 is 0.960 bits per heavy atom. The first-order chi connectivity index (χ1) is 11.8. The van der Waals surface area contributed by atoms with Gasteiger partial charge in [0, 0.05) is 0 Å². The maximum atomic E-state index is 12.4. The molecule has 2 amide bonds. The number of carbonyl (C=O) groups excluding carboxylic acids is 2. The van der Waals surface area contributed by atoms with Crippen molar-refractivity contribution in [3.05, 3.63) is 65.2 Å². The monoisotopic (exact) mass is 359 g/mol. The van der Waals surface area contributed by atoms with Gasteiger partial charge in [-0.05, 0) is 38.1 Å². The molecule has 130 valence electrons. The average Bonchev–Trinajstić information content (AvgIpc) is 2.85. The van der Waals surface area contributed by atoms with Crippen molar-refractivity contribution in [2.45, 2.75) is 24.8 Å². The van der Waals surface area contributed by atoms with Gasteiger partial charge in [-0.3, -0.25) is 18.7 Å². The van der Waals surface area contributed by atoms with Crippen molar-refractivity contribution in [3.8, 4) is 0 Å². The lowest BCUT2D eigenvalue weighted by Gasteiger charge is -2.22. The molecule has 0 aliphatic carbocycles. The molecule has 25 heavy (non-hydrogen) atoms. The summed E-state index contributed by atoms with van der Waals surface area (Å²) in [6.45, 7) is 3.12. The molecule has 0 saturated heterocycles. The number of carbonyl (C=O) groups is 2. The molecular weight excluding hydrogens is 342 g/mol. The summed E-state index contributed by atoms with van der Waals surface area (Å²) < 4.78 is 29.5. The van der Waals surface area contributed by atoms with Gasteiger partial charge in [0.25, 0.3) is 21.9 Å². The van der Waals surface area contributed by atoms with Crippen molar-refractivity contribution >= 4 is 21.9 Å². The number of nitrogens with zero attached hydrogens (tertiary/aromatic N) is 1. The van der Waals surface area contributed by atoms with Crippen molar-refractivity contribution in [1.82, 2.24) is 4.90 Å². The second-order valence-corrected chi connectivity index (χ2v) is 7.54. The second kappa shape index (κ2) is 6.42. The van der Waals surface area contributed by atoms with Crippen LogP contribution in [-0.4, -0.2) is 37.8 Å². The Morgan fingerprint density at radius 3 is 2.00 bits per heavy atom. The largest absolute Gasteiger partial charge is 0.297 e. The number of benzene rings is 2. The molecule has 6 nitrogen and oxygen atoms in total. The predicted molar refractivity (Wildman–Crippen MR) is 90.7 cm³/mol. The van der Waals surface area contributed by atoms with E-state index in [1.165, 1.54) is 12.1 Å². The van der Waals surface area contributed by atoms with E-state index in [0.29, 0.717) is 11.1 Å². The average molecular weight is 359 g/mol. The number of aryl methyl sites for hydroxylation is 1. The zero-order valence-electron chi connectivity index (χ0n) is 13.8. The Morgan fingerprint density at radius 2 is 1.48 bits per heavy atom. The van der Waals surface area contributed by atoms with Crippen LogP contribution in [0, 0.1) is 6.92 Å². The van der Waals surface area contributed by atoms with E-state index in [-0.39, 0.29) is 11.5 Å². The first-order valence-corrected chi connectivity index (χ1v) is 9.15. The number of hydrogen-bond donors (Lipinski definition) is 0. The van der Waals surface area contributed by atoms with Crippen LogP contribution in [0.2, 0.25) is 0 Å². The van der Waals surface area contributed by atoms with Crippen LogP contribution in [0.3, 0.4) is 0 Å². The summed E-state index contributed by atoms with van der Waals surface area (Å²) in [5, 5.41) is 0. The van der Waals surface area contributed by atoms with E-state index in [0.717, 1.165) is 10.5 Å². The van der Waals surface area contributed by atoms with Crippen LogP contribution in [0.5, 0.6) is 0 Å². The van der Waals surface area contributed by atoms with Gasteiger partial charge in [0.2, 0.25) is 0 Å². The summed E-state index contributed by atoms with van der Waals surface area (Å²) in [5.74, 6) is -0.881. The normalized spacial score (nSPS) is 15.4. The first kappa shape index (κ1) is 17.3. The van der Waals surface area contributed by atoms with Gasteiger partial charge in [-0.15, -0.1) is 0 Å². The Kier molecular flexibility index (Phi) is 4.45. The van der Waals surface area contributed by atoms with Crippen LogP contribution in [0.25, 0.3) is 0 Å². The van der Waals surface area contributed by atoms with E-state index in [2.05, 4.69) is 0 Å². The van der Waals surface area contributed by atoms with Crippen LogP contribution >= 0.6 is 0 Å². The van der Waals surface area contributed by atoms with Gasteiger partial charge in [-0.1, -0.05) is 29.8 Å². The molecule has 0 radical (unpaired) electrons. The maximum absolute atomic E-state index is 12.4. The Hall–Kier alpha value is -2.51. The van der Waals surface area contributed by atoms with Crippen LogP contribution < -0.4 is 0 Å². The minimum atomic E-state index is -3.95. The van der Waals surface area contributed by atoms with Crippen LogP contribution in [0.1, 0.15) is 33.2 Å². The van der Waals surface area contributed by atoms with Gasteiger partial charge in [0.05, 0.1) is 28.7 Å². The third kappa shape index (κ3) is 3.20. The van der Waals surface area contributed by atoms with Gasteiger partial charge in [-0.2, -0.15) is 8.42 Å². The molecule has 0 aromatic heterocycles. The smallest absolute Gasteiger partial charge is 0.269 e.